The number of likely N-dealkylation sites (tertiary alicyclic amines) is 1. The Bertz CT molecular complexity index is 821. The summed E-state index contributed by atoms with van der Waals surface area (Å²) < 4.78 is 25.4. The smallest absolute Gasteiger partial charge is 0.161 e. The predicted molar refractivity (Wildman–Crippen MR) is 106 cm³/mol. The van der Waals surface area contributed by atoms with Gasteiger partial charge in [0, 0.05) is 13.1 Å². The van der Waals surface area contributed by atoms with Gasteiger partial charge in [0.25, 0.3) is 0 Å². The van der Waals surface area contributed by atoms with Crippen molar-refractivity contribution in [1.29, 1.82) is 0 Å². The van der Waals surface area contributed by atoms with Gasteiger partial charge in [-0.15, -0.1) is 0 Å². The molecular formula is C21H27NO4S. The molecule has 1 aliphatic rings. The van der Waals surface area contributed by atoms with Gasteiger partial charge in [0.15, 0.2) is 9.84 Å². The molecule has 0 aliphatic carbocycles. The normalized spacial score (nSPS) is 20.8. The molecule has 1 aliphatic heterocycles. The van der Waals surface area contributed by atoms with Crippen molar-refractivity contribution < 1.29 is 18.6 Å². The van der Waals surface area contributed by atoms with Crippen molar-refractivity contribution in [2.45, 2.75) is 36.4 Å². The molecule has 2 atom stereocenters. The number of sulfone groups is 1. The third-order valence-corrected chi connectivity index (χ3v) is 7.23. The van der Waals surface area contributed by atoms with E-state index in [9.17, 15) is 18.6 Å². The van der Waals surface area contributed by atoms with E-state index in [0.29, 0.717) is 18.7 Å². The van der Waals surface area contributed by atoms with Crippen molar-refractivity contribution in [2.75, 3.05) is 19.6 Å². The van der Waals surface area contributed by atoms with Gasteiger partial charge in [0.05, 0.1) is 11.9 Å². The number of aryl methyl sites for hydroxylation is 1. The first kappa shape index (κ1) is 19.9. The fourth-order valence-electron chi connectivity index (χ4n) is 3.61. The maximum Gasteiger partial charge on any atom is 0.161 e. The van der Waals surface area contributed by atoms with Gasteiger partial charge in [0.1, 0.15) is 11.0 Å². The van der Waals surface area contributed by atoms with Crippen molar-refractivity contribution in [1.82, 2.24) is 4.90 Å². The first-order valence-electron chi connectivity index (χ1n) is 9.38. The largest absolute Gasteiger partial charge is 0.508 e. The lowest BCUT2D eigenvalue weighted by Gasteiger charge is -2.16. The number of rotatable bonds is 8. The molecule has 146 valence electrons. The molecule has 1 heterocycles. The van der Waals surface area contributed by atoms with Gasteiger partial charge in [0.2, 0.25) is 0 Å². The lowest BCUT2D eigenvalue weighted by molar-refractivity contribution is 0.177. The molecule has 3 rings (SSSR count). The SMILES string of the molecule is O=S(=O)(Cc1ccc(O)cc1)C1CN(CCCCc2ccccc2)CC1O. The van der Waals surface area contributed by atoms with Crippen molar-refractivity contribution in [3.8, 4) is 5.75 Å². The Hall–Kier alpha value is -1.89. The van der Waals surface area contributed by atoms with E-state index in [1.54, 1.807) is 12.1 Å². The van der Waals surface area contributed by atoms with Crippen LogP contribution in [0, 0.1) is 0 Å². The summed E-state index contributed by atoms with van der Waals surface area (Å²) in [5, 5.41) is 18.9. The molecule has 2 unspecified atom stereocenters. The van der Waals surface area contributed by atoms with Crippen molar-refractivity contribution in [2.24, 2.45) is 0 Å². The molecule has 27 heavy (non-hydrogen) atoms. The predicted octanol–water partition coefficient (Wildman–Crippen LogP) is 2.38. The maximum atomic E-state index is 12.7. The van der Waals surface area contributed by atoms with E-state index in [2.05, 4.69) is 17.0 Å². The summed E-state index contributed by atoms with van der Waals surface area (Å²) in [6.07, 6.45) is 2.19. The Labute approximate surface area is 161 Å². The molecule has 1 fully saturated rings. The number of phenols is 1. The molecular weight excluding hydrogens is 362 g/mol. The van der Waals surface area contributed by atoms with Gasteiger partial charge in [-0.1, -0.05) is 42.5 Å². The number of aliphatic hydroxyl groups excluding tert-OH is 1. The van der Waals surface area contributed by atoms with Gasteiger partial charge in [-0.3, -0.25) is 4.90 Å². The fourth-order valence-corrected chi connectivity index (χ4v) is 5.48. The number of phenolic OH excluding ortho intramolecular Hbond substituents is 1. The molecule has 0 amide bonds. The maximum absolute atomic E-state index is 12.7. The van der Waals surface area contributed by atoms with Crippen LogP contribution in [0.2, 0.25) is 0 Å². The summed E-state index contributed by atoms with van der Waals surface area (Å²) in [7, 11) is -3.45. The standard InChI is InChI=1S/C21H27NO4S/c23-19-11-9-18(10-12-19)16-27(25,26)21-15-22(14-20(21)24)13-5-4-8-17-6-2-1-3-7-17/h1-3,6-7,9-12,20-21,23-24H,4-5,8,13-16H2. The zero-order valence-corrected chi connectivity index (χ0v) is 16.2. The fraction of sp³-hybridized carbons (Fsp3) is 0.429. The number of unbranched alkanes of at least 4 members (excludes halogenated alkanes) is 1. The monoisotopic (exact) mass is 389 g/mol. The molecule has 0 bridgehead atoms. The zero-order chi connectivity index (χ0) is 19.3. The zero-order valence-electron chi connectivity index (χ0n) is 15.4. The quantitative estimate of drug-likeness (QED) is 0.678. The molecule has 0 spiro atoms. The molecule has 2 aromatic carbocycles. The first-order valence-corrected chi connectivity index (χ1v) is 11.1. The molecule has 1 saturated heterocycles. The summed E-state index contributed by atoms with van der Waals surface area (Å²) in [5.74, 6) is -0.00430. The summed E-state index contributed by atoms with van der Waals surface area (Å²) in [6.45, 7) is 1.59. The van der Waals surface area contributed by atoms with Crippen molar-refractivity contribution >= 4 is 9.84 Å². The molecule has 0 aromatic heterocycles. The highest BCUT2D eigenvalue weighted by molar-refractivity contribution is 7.91. The van der Waals surface area contributed by atoms with Crippen LogP contribution >= 0.6 is 0 Å². The molecule has 0 radical (unpaired) electrons. The highest BCUT2D eigenvalue weighted by atomic mass is 32.2. The van der Waals surface area contributed by atoms with Crippen LogP contribution in [0.5, 0.6) is 5.75 Å². The van der Waals surface area contributed by atoms with Gasteiger partial charge >= 0.3 is 0 Å². The van der Waals surface area contributed by atoms with Crippen LogP contribution in [0.25, 0.3) is 0 Å². The molecule has 2 aromatic rings. The van der Waals surface area contributed by atoms with E-state index in [0.717, 1.165) is 25.8 Å². The van der Waals surface area contributed by atoms with Crippen LogP contribution in [0.3, 0.4) is 0 Å². The third kappa shape index (κ3) is 5.54. The Morgan fingerprint density at radius 2 is 1.63 bits per heavy atom. The molecule has 0 saturated carbocycles. The van der Waals surface area contributed by atoms with Gasteiger partial charge in [-0.05, 0) is 49.1 Å². The van der Waals surface area contributed by atoms with E-state index < -0.39 is 21.2 Å². The Kier molecular flexibility index (Phi) is 6.52. The summed E-state index contributed by atoms with van der Waals surface area (Å²) in [4.78, 5) is 2.05. The number of benzene rings is 2. The highest BCUT2D eigenvalue weighted by Crippen LogP contribution is 2.23. The van der Waals surface area contributed by atoms with Crippen LogP contribution in [-0.2, 0) is 22.0 Å². The molecule has 2 N–H and O–H groups in total. The summed E-state index contributed by atoms with van der Waals surface area (Å²) in [5.41, 5.74) is 1.94. The average molecular weight is 390 g/mol. The first-order chi connectivity index (χ1) is 12.9. The minimum atomic E-state index is -3.45. The number of aliphatic hydroxyl groups is 1. The summed E-state index contributed by atoms with van der Waals surface area (Å²) in [6, 6.07) is 16.5. The Balaban J connectivity index is 1.48. The highest BCUT2D eigenvalue weighted by Gasteiger charge is 2.39. The van der Waals surface area contributed by atoms with Gasteiger partial charge in [-0.25, -0.2) is 8.42 Å². The van der Waals surface area contributed by atoms with E-state index in [4.69, 9.17) is 0 Å². The van der Waals surface area contributed by atoms with Gasteiger partial charge in [-0.2, -0.15) is 0 Å². The molecule has 5 nitrogen and oxygen atoms in total. The van der Waals surface area contributed by atoms with E-state index in [1.165, 1.54) is 17.7 Å². The number of nitrogens with zero attached hydrogens (tertiary/aromatic N) is 1. The van der Waals surface area contributed by atoms with Crippen LogP contribution in [0.4, 0.5) is 0 Å². The second kappa shape index (κ2) is 8.87. The number of hydrogen-bond acceptors (Lipinski definition) is 5. The number of β-amino-alcohol motifs (C(OH)–C–C–N with tert-alkyl or cyclic N) is 1. The second-order valence-electron chi connectivity index (χ2n) is 7.28. The van der Waals surface area contributed by atoms with Crippen LogP contribution in [0.1, 0.15) is 24.0 Å². The van der Waals surface area contributed by atoms with E-state index in [1.807, 2.05) is 18.2 Å². The lowest BCUT2D eigenvalue weighted by atomic mass is 10.1. The average Bonchev–Trinajstić information content (AvgIpc) is 3.03. The molecule has 6 heteroatoms. The number of aromatic hydroxyl groups is 1. The Morgan fingerprint density at radius 3 is 2.33 bits per heavy atom. The Morgan fingerprint density at radius 1 is 0.926 bits per heavy atom. The second-order valence-corrected chi connectivity index (χ2v) is 9.50. The van der Waals surface area contributed by atoms with Crippen LogP contribution in [0.15, 0.2) is 54.6 Å². The van der Waals surface area contributed by atoms with Crippen molar-refractivity contribution in [3.63, 3.8) is 0 Å². The van der Waals surface area contributed by atoms with E-state index in [-0.39, 0.29) is 11.5 Å². The minimum absolute atomic E-state index is 0.110. The van der Waals surface area contributed by atoms with Crippen LogP contribution < -0.4 is 0 Å². The third-order valence-electron chi connectivity index (χ3n) is 5.11. The topological polar surface area (TPSA) is 77.8 Å². The van der Waals surface area contributed by atoms with E-state index >= 15 is 0 Å². The lowest BCUT2D eigenvalue weighted by Crippen LogP contribution is -2.33. The van der Waals surface area contributed by atoms with Crippen LogP contribution in [-0.4, -0.2) is 54.5 Å². The van der Waals surface area contributed by atoms with Crippen molar-refractivity contribution in [3.05, 3.63) is 65.7 Å². The van der Waals surface area contributed by atoms with Gasteiger partial charge < -0.3 is 10.2 Å². The number of hydrogen-bond donors (Lipinski definition) is 2. The minimum Gasteiger partial charge on any atom is -0.508 e. The summed E-state index contributed by atoms with van der Waals surface area (Å²) >= 11 is 0.